The number of nitrogens with two attached hydrogens (primary N) is 1. The van der Waals surface area contributed by atoms with E-state index in [9.17, 15) is 0 Å². The number of rotatable bonds is 0. The Labute approximate surface area is 155 Å². The Morgan fingerprint density at radius 3 is 2.00 bits per heavy atom. The predicted octanol–water partition coefficient (Wildman–Crippen LogP) is -6.23. The van der Waals surface area contributed by atoms with Gasteiger partial charge in [0.15, 0.2) is 0 Å². The van der Waals surface area contributed by atoms with Crippen molar-refractivity contribution in [2.75, 3.05) is 5.73 Å². The standard InChI is InChI=1S/C10H9N.3Na.3H/c11-10-7-3-5-8-4-1-2-6-9(8)10;;;;;;/h1-7H,11H2;;;;;;/q;3*+1;3*-1. The Balaban J connectivity index is -0.0000000800. The van der Waals surface area contributed by atoms with E-state index < -0.39 is 0 Å². The van der Waals surface area contributed by atoms with Crippen LogP contribution in [0.2, 0.25) is 0 Å². The molecule has 1 nitrogen and oxygen atoms in total. The molecule has 0 amide bonds. The molecule has 0 aromatic heterocycles. The normalized spacial score (nSPS) is 8.00. The van der Waals surface area contributed by atoms with E-state index in [-0.39, 0.29) is 93.0 Å². The minimum Gasteiger partial charge on any atom is -1.00 e. The first-order valence-electron chi connectivity index (χ1n) is 3.61. The number of hydrogen-bond donors (Lipinski definition) is 1. The third-order valence-corrected chi connectivity index (χ3v) is 1.82. The summed E-state index contributed by atoms with van der Waals surface area (Å²) in [6.07, 6.45) is 0. The second-order valence-corrected chi connectivity index (χ2v) is 2.57. The van der Waals surface area contributed by atoms with E-state index in [1.54, 1.807) is 0 Å². The summed E-state index contributed by atoms with van der Waals surface area (Å²) >= 11 is 0. The average Bonchev–Trinajstić information content (AvgIpc) is 2.06. The van der Waals surface area contributed by atoms with Crippen LogP contribution in [0.5, 0.6) is 0 Å². The van der Waals surface area contributed by atoms with Crippen molar-refractivity contribution in [1.82, 2.24) is 0 Å². The SMILES string of the molecule is Nc1cccc2ccccc12.[H-].[H-].[H-].[Na+].[Na+].[Na+]. The maximum atomic E-state index is 5.76. The third kappa shape index (κ3) is 4.17. The maximum absolute atomic E-state index is 5.76. The number of hydrogen-bond acceptors (Lipinski definition) is 1. The van der Waals surface area contributed by atoms with Crippen LogP contribution in [0.15, 0.2) is 42.5 Å². The van der Waals surface area contributed by atoms with Gasteiger partial charge in [-0.05, 0) is 11.5 Å². The average molecular weight is 215 g/mol. The molecule has 2 aromatic rings. The van der Waals surface area contributed by atoms with Crippen LogP contribution >= 0.6 is 0 Å². The molecule has 4 heteroatoms. The first-order valence-corrected chi connectivity index (χ1v) is 3.61. The summed E-state index contributed by atoms with van der Waals surface area (Å²) in [5, 5.41) is 2.34. The fraction of sp³-hybridized carbons (Fsp3) is 0. The summed E-state index contributed by atoms with van der Waals surface area (Å²) < 4.78 is 0. The summed E-state index contributed by atoms with van der Waals surface area (Å²) in [4.78, 5) is 0. The Kier molecular flexibility index (Phi) is 11.0. The van der Waals surface area contributed by atoms with Gasteiger partial charge >= 0.3 is 88.7 Å². The van der Waals surface area contributed by atoms with E-state index >= 15 is 0 Å². The fourth-order valence-corrected chi connectivity index (χ4v) is 1.25. The number of nitrogen functional groups attached to an aromatic ring is 1. The Bertz CT molecular complexity index is 396. The smallest absolute Gasteiger partial charge is 1.00 e. The molecule has 0 aliphatic rings. The fourth-order valence-electron chi connectivity index (χ4n) is 1.25. The van der Waals surface area contributed by atoms with Gasteiger partial charge in [0.05, 0.1) is 0 Å². The minimum atomic E-state index is 0. The summed E-state index contributed by atoms with van der Waals surface area (Å²) in [6, 6.07) is 14.1. The van der Waals surface area contributed by atoms with Gasteiger partial charge in [-0.15, -0.1) is 0 Å². The van der Waals surface area contributed by atoms with Crippen molar-refractivity contribution >= 4 is 16.5 Å². The first-order chi connectivity index (χ1) is 5.38. The van der Waals surface area contributed by atoms with Crippen LogP contribution in [0.4, 0.5) is 5.69 Å². The van der Waals surface area contributed by atoms with Crippen molar-refractivity contribution in [2.45, 2.75) is 0 Å². The van der Waals surface area contributed by atoms with E-state index in [2.05, 4.69) is 12.1 Å². The summed E-state index contributed by atoms with van der Waals surface area (Å²) in [5.41, 5.74) is 6.61. The molecule has 0 atom stereocenters. The molecule has 60 valence electrons. The molecule has 0 saturated heterocycles. The van der Waals surface area contributed by atoms with Gasteiger partial charge in [0.1, 0.15) is 0 Å². The Morgan fingerprint density at radius 2 is 1.36 bits per heavy atom. The second kappa shape index (κ2) is 8.63. The molecule has 0 bridgehead atoms. The summed E-state index contributed by atoms with van der Waals surface area (Å²) in [6.45, 7) is 0. The molecule has 0 spiro atoms. The van der Waals surface area contributed by atoms with Gasteiger partial charge in [0.2, 0.25) is 0 Å². The third-order valence-electron chi connectivity index (χ3n) is 1.82. The van der Waals surface area contributed by atoms with Crippen LogP contribution < -0.4 is 94.4 Å². The minimum absolute atomic E-state index is 0. The Morgan fingerprint density at radius 1 is 0.786 bits per heavy atom. The summed E-state index contributed by atoms with van der Waals surface area (Å²) in [5.74, 6) is 0. The van der Waals surface area contributed by atoms with E-state index in [0.29, 0.717) is 0 Å². The number of anilines is 1. The van der Waals surface area contributed by atoms with Crippen molar-refractivity contribution in [3.05, 3.63) is 42.5 Å². The number of benzene rings is 2. The van der Waals surface area contributed by atoms with Gasteiger partial charge in [0.25, 0.3) is 0 Å². The van der Waals surface area contributed by atoms with Crippen LogP contribution in [0.3, 0.4) is 0 Å². The summed E-state index contributed by atoms with van der Waals surface area (Å²) in [7, 11) is 0. The van der Waals surface area contributed by atoms with Gasteiger partial charge in [-0.1, -0.05) is 36.4 Å². The Hall–Kier alpha value is 1.50. The molecule has 0 saturated carbocycles. The molecule has 14 heavy (non-hydrogen) atoms. The van der Waals surface area contributed by atoms with Crippen LogP contribution in [0.1, 0.15) is 4.28 Å². The van der Waals surface area contributed by atoms with Crippen LogP contribution in [0.25, 0.3) is 10.8 Å². The molecule has 2 rings (SSSR count). The molecular formula is C10H12NNa3. The van der Waals surface area contributed by atoms with Crippen molar-refractivity contribution in [1.29, 1.82) is 0 Å². The van der Waals surface area contributed by atoms with E-state index in [0.717, 1.165) is 11.1 Å². The molecule has 0 radical (unpaired) electrons. The van der Waals surface area contributed by atoms with Crippen molar-refractivity contribution < 1.29 is 93.0 Å². The van der Waals surface area contributed by atoms with E-state index in [1.807, 2.05) is 30.3 Å². The van der Waals surface area contributed by atoms with Crippen molar-refractivity contribution in [3.63, 3.8) is 0 Å². The van der Waals surface area contributed by atoms with Gasteiger partial charge in [-0.3, -0.25) is 0 Å². The van der Waals surface area contributed by atoms with Crippen molar-refractivity contribution in [3.8, 4) is 0 Å². The topological polar surface area (TPSA) is 26.0 Å². The zero-order valence-electron chi connectivity index (χ0n) is 12.1. The van der Waals surface area contributed by atoms with Crippen LogP contribution in [-0.2, 0) is 0 Å². The number of fused-ring (bicyclic) bond motifs is 1. The largest absolute Gasteiger partial charge is 1.00 e. The maximum Gasteiger partial charge on any atom is 1.00 e. The molecule has 2 aromatic carbocycles. The quantitative estimate of drug-likeness (QED) is 0.343. The predicted molar refractivity (Wildman–Crippen MR) is 51.7 cm³/mol. The molecular weight excluding hydrogens is 203 g/mol. The van der Waals surface area contributed by atoms with E-state index in [1.165, 1.54) is 5.39 Å². The molecule has 0 fully saturated rings. The monoisotopic (exact) mass is 215 g/mol. The zero-order valence-corrected chi connectivity index (χ0v) is 15.1. The van der Waals surface area contributed by atoms with Gasteiger partial charge in [-0.25, -0.2) is 0 Å². The van der Waals surface area contributed by atoms with Crippen molar-refractivity contribution in [2.24, 2.45) is 0 Å². The van der Waals surface area contributed by atoms with Crippen LogP contribution in [-0.4, -0.2) is 0 Å². The van der Waals surface area contributed by atoms with Gasteiger partial charge in [0, 0.05) is 11.1 Å². The second-order valence-electron chi connectivity index (χ2n) is 2.57. The molecule has 2 N–H and O–H groups in total. The van der Waals surface area contributed by atoms with Gasteiger partial charge in [-0.2, -0.15) is 0 Å². The van der Waals surface area contributed by atoms with E-state index in [4.69, 9.17) is 5.73 Å². The molecule has 0 aliphatic carbocycles. The van der Waals surface area contributed by atoms with Gasteiger partial charge < -0.3 is 10.0 Å². The first kappa shape index (κ1) is 17.9. The molecule has 0 aliphatic heterocycles. The molecule has 0 heterocycles. The molecule has 0 unspecified atom stereocenters. The van der Waals surface area contributed by atoms with Crippen LogP contribution in [0, 0.1) is 0 Å². The zero-order chi connectivity index (χ0) is 7.68.